The lowest BCUT2D eigenvalue weighted by atomic mass is 9.91. The van der Waals surface area contributed by atoms with Gasteiger partial charge in [0.25, 0.3) is 0 Å². The van der Waals surface area contributed by atoms with Crippen molar-refractivity contribution in [3.8, 4) is 0 Å². The van der Waals surface area contributed by atoms with Gasteiger partial charge in [-0.15, -0.1) is 0 Å². The van der Waals surface area contributed by atoms with Crippen LogP contribution in [-0.2, 0) is 6.42 Å². The molecule has 0 heterocycles. The fourth-order valence-corrected chi connectivity index (χ4v) is 2.86. The molecule has 1 atom stereocenters. The molecule has 2 aromatic carbocycles. The lowest BCUT2D eigenvalue weighted by Crippen LogP contribution is -2.24. The quantitative estimate of drug-likeness (QED) is 0.856. The summed E-state index contributed by atoms with van der Waals surface area (Å²) in [5.74, 6) is -1.05. The van der Waals surface area contributed by atoms with Gasteiger partial charge in [0.15, 0.2) is 0 Å². The highest BCUT2D eigenvalue weighted by Crippen LogP contribution is 2.25. The van der Waals surface area contributed by atoms with Crippen LogP contribution in [0.15, 0.2) is 36.4 Å². The number of likely N-dealkylation sites (N-methyl/N-ethyl adjacent to an activating group) is 1. The van der Waals surface area contributed by atoms with Crippen molar-refractivity contribution in [1.29, 1.82) is 0 Å². The first-order valence-corrected chi connectivity index (χ1v) is 7.25. The number of rotatable bonds is 5. The van der Waals surface area contributed by atoms with Crippen LogP contribution in [0.3, 0.4) is 0 Å². The van der Waals surface area contributed by atoms with Gasteiger partial charge in [-0.1, -0.05) is 25.1 Å². The fourth-order valence-electron chi connectivity index (χ4n) is 2.86. The predicted molar refractivity (Wildman–Crippen MR) is 82.4 cm³/mol. The first kappa shape index (κ1) is 15.6. The Morgan fingerprint density at radius 2 is 1.57 bits per heavy atom. The molecule has 3 heteroatoms. The second kappa shape index (κ2) is 6.81. The summed E-state index contributed by atoms with van der Waals surface area (Å²) < 4.78 is 26.7. The van der Waals surface area contributed by atoms with E-state index in [9.17, 15) is 8.78 Å². The number of nitrogens with one attached hydrogen (secondary N) is 1. The third-order valence-electron chi connectivity index (χ3n) is 3.70. The molecule has 0 bridgehead atoms. The Morgan fingerprint density at radius 3 is 2.10 bits per heavy atom. The molecule has 1 N–H and O–H groups in total. The van der Waals surface area contributed by atoms with E-state index in [0.29, 0.717) is 12.0 Å². The van der Waals surface area contributed by atoms with E-state index in [1.54, 1.807) is 0 Å². The summed E-state index contributed by atoms with van der Waals surface area (Å²) in [6.45, 7) is 6.97. The molecule has 0 saturated heterocycles. The Kier molecular flexibility index (Phi) is 5.07. The molecule has 2 rings (SSSR count). The zero-order valence-electron chi connectivity index (χ0n) is 12.7. The van der Waals surface area contributed by atoms with Crippen molar-refractivity contribution in [2.24, 2.45) is 0 Å². The molecule has 0 saturated carbocycles. The van der Waals surface area contributed by atoms with Crippen molar-refractivity contribution in [2.75, 3.05) is 6.54 Å². The summed E-state index contributed by atoms with van der Waals surface area (Å²) in [5.41, 5.74) is 4.26. The fraction of sp³-hybridized carbons (Fsp3) is 0.333. The summed E-state index contributed by atoms with van der Waals surface area (Å²) in [6, 6.07) is 9.93. The smallest absolute Gasteiger partial charge is 0.126 e. The van der Waals surface area contributed by atoms with Crippen molar-refractivity contribution in [3.05, 3.63) is 70.3 Å². The number of halogens is 2. The second-order valence-electron chi connectivity index (χ2n) is 5.40. The van der Waals surface area contributed by atoms with Gasteiger partial charge < -0.3 is 5.32 Å². The van der Waals surface area contributed by atoms with Crippen LogP contribution < -0.4 is 5.32 Å². The monoisotopic (exact) mass is 289 g/mol. The minimum Gasteiger partial charge on any atom is -0.310 e. The first-order valence-electron chi connectivity index (χ1n) is 7.25. The molecule has 1 unspecified atom stereocenters. The van der Waals surface area contributed by atoms with E-state index in [-0.39, 0.29) is 6.04 Å². The standard InChI is InChI=1S/C18H21F2N/c1-4-21-17(18-12(2)6-5-7-13(18)3)10-14-8-15(19)11-16(20)9-14/h5-9,11,17,21H,4,10H2,1-3H3. The number of hydrogen-bond donors (Lipinski definition) is 1. The maximum atomic E-state index is 13.4. The second-order valence-corrected chi connectivity index (χ2v) is 5.40. The average molecular weight is 289 g/mol. The molecule has 21 heavy (non-hydrogen) atoms. The molecular formula is C18H21F2N. The van der Waals surface area contributed by atoms with E-state index in [0.717, 1.165) is 12.6 Å². The van der Waals surface area contributed by atoms with Gasteiger partial charge in [-0.05, 0) is 61.2 Å². The van der Waals surface area contributed by atoms with Gasteiger partial charge in [0.1, 0.15) is 11.6 Å². The lowest BCUT2D eigenvalue weighted by molar-refractivity contribution is 0.535. The van der Waals surface area contributed by atoms with E-state index in [4.69, 9.17) is 0 Å². The Hall–Kier alpha value is -1.74. The van der Waals surface area contributed by atoms with E-state index in [2.05, 4.69) is 31.3 Å². The molecular weight excluding hydrogens is 268 g/mol. The molecule has 0 aliphatic carbocycles. The Morgan fingerprint density at radius 1 is 1.00 bits per heavy atom. The Balaban J connectivity index is 2.35. The average Bonchev–Trinajstić information content (AvgIpc) is 2.37. The molecule has 0 amide bonds. The van der Waals surface area contributed by atoms with Crippen LogP contribution >= 0.6 is 0 Å². The van der Waals surface area contributed by atoms with Crippen molar-refractivity contribution in [3.63, 3.8) is 0 Å². The van der Waals surface area contributed by atoms with Crippen LogP contribution in [0.4, 0.5) is 8.78 Å². The first-order chi connectivity index (χ1) is 10.0. The summed E-state index contributed by atoms with van der Waals surface area (Å²) in [4.78, 5) is 0. The highest BCUT2D eigenvalue weighted by atomic mass is 19.1. The highest BCUT2D eigenvalue weighted by Gasteiger charge is 2.16. The van der Waals surface area contributed by atoms with Crippen molar-refractivity contribution in [1.82, 2.24) is 5.32 Å². The molecule has 2 aromatic rings. The van der Waals surface area contributed by atoms with E-state index in [1.807, 2.05) is 13.0 Å². The Labute approximate surface area is 125 Å². The van der Waals surface area contributed by atoms with Crippen LogP contribution in [0.25, 0.3) is 0 Å². The van der Waals surface area contributed by atoms with Gasteiger partial charge in [-0.2, -0.15) is 0 Å². The van der Waals surface area contributed by atoms with Crippen molar-refractivity contribution < 1.29 is 8.78 Å². The predicted octanol–water partition coefficient (Wildman–Crippen LogP) is 4.47. The molecule has 0 radical (unpaired) electrons. The highest BCUT2D eigenvalue weighted by molar-refractivity contribution is 5.37. The molecule has 0 spiro atoms. The van der Waals surface area contributed by atoms with E-state index in [1.165, 1.54) is 28.8 Å². The summed E-state index contributed by atoms with van der Waals surface area (Å²) in [6.07, 6.45) is 0.564. The third kappa shape index (κ3) is 3.88. The molecule has 0 aromatic heterocycles. The van der Waals surface area contributed by atoms with Crippen LogP contribution in [0, 0.1) is 25.5 Å². The van der Waals surface area contributed by atoms with Crippen LogP contribution in [0.2, 0.25) is 0 Å². The topological polar surface area (TPSA) is 12.0 Å². The number of aryl methyl sites for hydroxylation is 2. The van der Waals surface area contributed by atoms with Gasteiger partial charge in [0.2, 0.25) is 0 Å². The number of hydrogen-bond acceptors (Lipinski definition) is 1. The van der Waals surface area contributed by atoms with Crippen LogP contribution in [-0.4, -0.2) is 6.54 Å². The van der Waals surface area contributed by atoms with Gasteiger partial charge in [0, 0.05) is 12.1 Å². The molecule has 112 valence electrons. The zero-order valence-corrected chi connectivity index (χ0v) is 12.7. The molecule has 1 nitrogen and oxygen atoms in total. The van der Waals surface area contributed by atoms with E-state index < -0.39 is 11.6 Å². The van der Waals surface area contributed by atoms with Crippen molar-refractivity contribution >= 4 is 0 Å². The van der Waals surface area contributed by atoms with Crippen LogP contribution in [0.1, 0.15) is 35.2 Å². The van der Waals surface area contributed by atoms with Crippen LogP contribution in [0.5, 0.6) is 0 Å². The minimum atomic E-state index is -0.526. The molecule has 0 aliphatic heterocycles. The van der Waals surface area contributed by atoms with Gasteiger partial charge in [0.05, 0.1) is 0 Å². The minimum absolute atomic E-state index is 0.0531. The van der Waals surface area contributed by atoms with E-state index >= 15 is 0 Å². The molecule has 0 aliphatic rings. The van der Waals surface area contributed by atoms with Gasteiger partial charge >= 0.3 is 0 Å². The molecule has 0 fully saturated rings. The summed E-state index contributed by atoms with van der Waals surface area (Å²) in [5, 5.41) is 3.42. The van der Waals surface area contributed by atoms with Gasteiger partial charge in [-0.25, -0.2) is 8.78 Å². The maximum Gasteiger partial charge on any atom is 0.126 e. The summed E-state index contributed by atoms with van der Waals surface area (Å²) >= 11 is 0. The lowest BCUT2D eigenvalue weighted by Gasteiger charge is -2.22. The SMILES string of the molecule is CCNC(Cc1cc(F)cc(F)c1)c1c(C)cccc1C. The maximum absolute atomic E-state index is 13.4. The number of benzene rings is 2. The van der Waals surface area contributed by atoms with Crippen molar-refractivity contribution in [2.45, 2.75) is 33.2 Å². The summed E-state index contributed by atoms with van der Waals surface area (Å²) in [7, 11) is 0. The Bertz CT molecular complexity index is 582. The largest absolute Gasteiger partial charge is 0.310 e. The zero-order chi connectivity index (χ0) is 15.4. The third-order valence-corrected chi connectivity index (χ3v) is 3.70. The normalized spacial score (nSPS) is 12.4. The van der Waals surface area contributed by atoms with Gasteiger partial charge in [-0.3, -0.25) is 0 Å².